The van der Waals surface area contributed by atoms with Crippen molar-refractivity contribution in [3.8, 4) is 10.8 Å². The van der Waals surface area contributed by atoms with Crippen molar-refractivity contribution in [3.05, 3.63) is 0 Å². The smallest absolute Gasteiger partial charge is 0.290 e. The Hall–Kier alpha value is -1.20. The molecule has 1 N–H and O–H groups in total. The van der Waals surface area contributed by atoms with E-state index in [4.69, 9.17) is 20.4 Å². The summed E-state index contributed by atoms with van der Waals surface area (Å²) in [5.41, 5.74) is 0. The number of carboxylic acid groups (broad SMARTS) is 1. The summed E-state index contributed by atoms with van der Waals surface area (Å²) < 4.78 is 0. The molecule has 0 unspecified atom stereocenters. The first-order valence-corrected chi connectivity index (χ1v) is 2.17. The maximum atomic E-state index is 8.36. The molecule has 0 aromatic carbocycles. The highest BCUT2D eigenvalue weighted by Crippen LogP contribution is 1.85. The van der Waals surface area contributed by atoms with Crippen LogP contribution in [0.3, 0.4) is 0 Å². The van der Waals surface area contributed by atoms with E-state index in [1.807, 2.05) is 0 Å². The molecule has 4 nitrogen and oxygen atoms in total. The fraction of sp³-hybridized carbons (Fsp3) is 0. The van der Waals surface area contributed by atoms with Crippen LogP contribution in [0, 0.1) is 21.3 Å². The number of nitriles is 2. The molecule has 0 fully saturated rings. The first-order chi connectivity index (χ1) is 3.83. The Morgan fingerprint density at radius 2 is 1.75 bits per heavy atom. The molecule has 0 saturated carbocycles. The summed E-state index contributed by atoms with van der Waals surface area (Å²) in [6.07, 6.45) is 0. The van der Waals surface area contributed by atoms with Gasteiger partial charge in [0.15, 0.2) is 0 Å². The van der Waals surface area contributed by atoms with Gasteiger partial charge in [0.1, 0.15) is 10.8 Å². The van der Waals surface area contributed by atoms with Crippen LogP contribution in [0.15, 0.2) is 0 Å². The molecule has 0 atom stereocenters. The third-order valence-electron chi connectivity index (χ3n) is 0.0913. The molecule has 0 heterocycles. The average molecular weight is 130 g/mol. The van der Waals surface area contributed by atoms with Gasteiger partial charge < -0.3 is 5.11 Å². The van der Waals surface area contributed by atoms with Crippen molar-refractivity contribution >= 4 is 18.2 Å². The van der Waals surface area contributed by atoms with Crippen LogP contribution in [-0.2, 0) is 4.79 Å². The Labute approximate surface area is 50.3 Å². The summed E-state index contributed by atoms with van der Waals surface area (Å²) in [6, 6.07) is 0. The predicted molar refractivity (Wildman–Crippen MR) is 27.5 cm³/mol. The molecular formula is C3H2N2O2S. The summed E-state index contributed by atoms with van der Waals surface area (Å²) in [4.78, 5) is 8.36. The van der Waals surface area contributed by atoms with Crippen molar-refractivity contribution in [2.75, 3.05) is 0 Å². The van der Waals surface area contributed by atoms with Crippen molar-refractivity contribution in [3.63, 3.8) is 0 Å². The average Bonchev–Trinajstić information content (AvgIpc) is 1.71. The van der Waals surface area contributed by atoms with E-state index in [1.165, 1.54) is 0 Å². The van der Waals surface area contributed by atoms with Crippen LogP contribution in [0.5, 0.6) is 0 Å². The van der Waals surface area contributed by atoms with Gasteiger partial charge in [-0.15, -0.1) is 0 Å². The van der Waals surface area contributed by atoms with E-state index in [-0.39, 0.29) is 6.47 Å². The molecule has 0 aromatic rings. The van der Waals surface area contributed by atoms with E-state index in [1.54, 1.807) is 10.8 Å². The zero-order chi connectivity index (χ0) is 6.83. The van der Waals surface area contributed by atoms with E-state index >= 15 is 0 Å². The molecule has 0 aromatic heterocycles. The highest BCUT2D eigenvalue weighted by molar-refractivity contribution is 8.07. The first kappa shape index (κ1) is 9.93. The van der Waals surface area contributed by atoms with Gasteiger partial charge in [0.2, 0.25) is 0 Å². The van der Waals surface area contributed by atoms with Crippen molar-refractivity contribution < 1.29 is 9.90 Å². The standard InChI is InChI=1S/C2N2S.CH2O2/c3-1-5-2-4;2-1-3/h;1H,(H,2,3). The van der Waals surface area contributed by atoms with Crippen LogP contribution in [0.2, 0.25) is 0 Å². The van der Waals surface area contributed by atoms with Gasteiger partial charge in [-0.05, 0) is 0 Å². The van der Waals surface area contributed by atoms with Crippen LogP contribution >= 0.6 is 11.8 Å². The lowest BCUT2D eigenvalue weighted by molar-refractivity contribution is -0.122. The summed E-state index contributed by atoms with van der Waals surface area (Å²) in [5, 5.41) is 25.1. The zero-order valence-electron chi connectivity index (χ0n) is 3.74. The Bertz CT molecular complexity index is 110. The summed E-state index contributed by atoms with van der Waals surface area (Å²) in [7, 11) is 0. The fourth-order valence-corrected chi connectivity index (χ4v) is 0.0612. The second-order valence-electron chi connectivity index (χ2n) is 0.390. The van der Waals surface area contributed by atoms with E-state index < -0.39 is 0 Å². The minimum Gasteiger partial charge on any atom is -0.483 e. The normalized spacial score (nSPS) is 4.25. The van der Waals surface area contributed by atoms with E-state index in [9.17, 15) is 0 Å². The summed E-state index contributed by atoms with van der Waals surface area (Å²) >= 11 is 0.574. The Morgan fingerprint density at radius 3 is 1.75 bits per heavy atom. The van der Waals surface area contributed by atoms with Crippen molar-refractivity contribution in [1.29, 1.82) is 10.5 Å². The summed E-state index contributed by atoms with van der Waals surface area (Å²) in [6.45, 7) is -0.250. The molecule has 0 spiro atoms. The van der Waals surface area contributed by atoms with Crippen molar-refractivity contribution in [2.45, 2.75) is 0 Å². The molecule has 5 heteroatoms. The quantitative estimate of drug-likeness (QED) is 0.378. The number of carbonyl (C=O) groups is 1. The Kier molecular flexibility index (Phi) is 21.2. The number of thioether (sulfide) groups is 1. The second-order valence-corrected chi connectivity index (χ2v) is 0.959. The SMILES string of the molecule is N#CSC#N.O=CO. The topological polar surface area (TPSA) is 84.9 Å². The molecule has 42 valence electrons. The molecular weight excluding hydrogens is 128 g/mol. The first-order valence-electron chi connectivity index (χ1n) is 1.35. The molecule has 0 rings (SSSR count). The monoisotopic (exact) mass is 130 g/mol. The van der Waals surface area contributed by atoms with E-state index in [0.717, 1.165) is 0 Å². The van der Waals surface area contributed by atoms with Crippen molar-refractivity contribution in [2.24, 2.45) is 0 Å². The lowest BCUT2D eigenvalue weighted by Crippen LogP contribution is -1.49. The van der Waals surface area contributed by atoms with E-state index in [2.05, 4.69) is 0 Å². The van der Waals surface area contributed by atoms with Gasteiger partial charge >= 0.3 is 0 Å². The van der Waals surface area contributed by atoms with Crippen LogP contribution in [0.4, 0.5) is 0 Å². The molecule has 0 aliphatic carbocycles. The molecule has 0 aliphatic rings. The lowest BCUT2D eigenvalue weighted by Gasteiger charge is -1.44. The largest absolute Gasteiger partial charge is 0.483 e. The van der Waals surface area contributed by atoms with Gasteiger partial charge in [-0.25, -0.2) is 0 Å². The van der Waals surface area contributed by atoms with Gasteiger partial charge in [0.25, 0.3) is 6.47 Å². The fourth-order valence-electron chi connectivity index (χ4n) is 0.0204. The zero-order valence-corrected chi connectivity index (χ0v) is 4.55. The maximum Gasteiger partial charge on any atom is 0.290 e. The Morgan fingerprint density at radius 1 is 1.50 bits per heavy atom. The molecule has 0 amide bonds. The molecule has 0 aliphatic heterocycles. The predicted octanol–water partition coefficient (Wildman–Crippen LogP) is 0.383. The summed E-state index contributed by atoms with van der Waals surface area (Å²) in [5.74, 6) is 0. The minimum absolute atomic E-state index is 0.250. The van der Waals surface area contributed by atoms with Crippen LogP contribution < -0.4 is 0 Å². The number of nitrogens with zero attached hydrogens (tertiary/aromatic N) is 2. The lowest BCUT2D eigenvalue weighted by atomic mass is 11.7. The molecule has 8 heavy (non-hydrogen) atoms. The van der Waals surface area contributed by atoms with E-state index in [0.29, 0.717) is 11.8 Å². The van der Waals surface area contributed by atoms with Gasteiger partial charge in [-0.1, -0.05) is 0 Å². The van der Waals surface area contributed by atoms with Gasteiger partial charge in [0.05, 0.1) is 11.8 Å². The van der Waals surface area contributed by atoms with Crippen LogP contribution in [0.1, 0.15) is 0 Å². The highest BCUT2D eigenvalue weighted by Gasteiger charge is 1.62. The third-order valence-corrected chi connectivity index (χ3v) is 0.274. The molecule has 0 bridgehead atoms. The van der Waals surface area contributed by atoms with Gasteiger partial charge in [-0.3, -0.25) is 4.79 Å². The number of hydrogen-bond donors (Lipinski definition) is 1. The second kappa shape index (κ2) is 17.0. The number of thiocyanates is 2. The molecule has 0 radical (unpaired) electrons. The molecule has 0 saturated heterocycles. The maximum absolute atomic E-state index is 8.36. The minimum atomic E-state index is -0.250. The van der Waals surface area contributed by atoms with Gasteiger partial charge in [-0.2, -0.15) is 10.5 Å². The number of rotatable bonds is 0. The third kappa shape index (κ3) is 108. The Balaban J connectivity index is 0. The highest BCUT2D eigenvalue weighted by atomic mass is 32.2. The van der Waals surface area contributed by atoms with Gasteiger partial charge in [0, 0.05) is 0 Å². The number of hydrogen-bond acceptors (Lipinski definition) is 4. The van der Waals surface area contributed by atoms with Crippen LogP contribution in [0.25, 0.3) is 0 Å². The van der Waals surface area contributed by atoms with Crippen LogP contribution in [-0.4, -0.2) is 11.6 Å². The van der Waals surface area contributed by atoms with Crippen molar-refractivity contribution in [1.82, 2.24) is 0 Å².